The Labute approximate surface area is 87.4 Å². The zero-order valence-corrected chi connectivity index (χ0v) is 8.58. The van der Waals surface area contributed by atoms with Gasteiger partial charge in [-0.1, -0.05) is 0 Å². The highest BCUT2D eigenvalue weighted by Crippen LogP contribution is 1.97. The molecule has 15 heavy (non-hydrogen) atoms. The first-order valence-corrected chi connectivity index (χ1v) is 4.62. The minimum Gasteiger partial charge on any atom is -0.375 e. The van der Waals surface area contributed by atoms with Gasteiger partial charge < -0.3 is 9.64 Å². The summed E-state index contributed by atoms with van der Waals surface area (Å²) in [6.07, 6.45) is -2.48. The smallest absolute Gasteiger partial charge is 0.261 e. The summed E-state index contributed by atoms with van der Waals surface area (Å²) in [7, 11) is 0. The molecule has 1 amide bonds. The van der Waals surface area contributed by atoms with Gasteiger partial charge in [-0.3, -0.25) is 4.79 Å². The van der Waals surface area contributed by atoms with E-state index in [0.717, 1.165) is 0 Å². The van der Waals surface area contributed by atoms with Crippen LogP contribution >= 0.6 is 0 Å². The monoisotopic (exact) mass is 220 g/mol. The number of nitrogens with zero attached hydrogens (tertiary/aromatic N) is 2. The third-order valence-electron chi connectivity index (χ3n) is 1.70. The third kappa shape index (κ3) is 6.80. The molecule has 0 atom stereocenters. The minimum atomic E-state index is -2.51. The first-order chi connectivity index (χ1) is 7.11. The molecule has 0 spiro atoms. The van der Waals surface area contributed by atoms with Crippen LogP contribution in [0.5, 0.6) is 0 Å². The van der Waals surface area contributed by atoms with Crippen LogP contribution < -0.4 is 0 Å². The highest BCUT2D eigenvalue weighted by Gasteiger charge is 2.11. The first-order valence-electron chi connectivity index (χ1n) is 4.62. The summed E-state index contributed by atoms with van der Waals surface area (Å²) in [5, 5.41) is 8.39. The number of alkyl halides is 2. The van der Waals surface area contributed by atoms with Gasteiger partial charge in [0.2, 0.25) is 5.91 Å². The number of nitriles is 1. The fourth-order valence-electron chi connectivity index (χ4n) is 0.952. The van der Waals surface area contributed by atoms with Crippen molar-refractivity contribution < 1.29 is 18.3 Å². The van der Waals surface area contributed by atoms with Crippen LogP contribution in [0.2, 0.25) is 0 Å². The standard InChI is InChI=1S/C9H14F2N2O2/c1-2-13(5-4-12)9(14)3-6-15-7-8(10)11/h8H,2-3,5-7H2,1H3. The van der Waals surface area contributed by atoms with Gasteiger partial charge in [0.05, 0.1) is 19.1 Å². The van der Waals surface area contributed by atoms with E-state index in [2.05, 4.69) is 4.74 Å². The highest BCUT2D eigenvalue weighted by atomic mass is 19.3. The molecule has 0 heterocycles. The lowest BCUT2D eigenvalue weighted by atomic mass is 10.3. The average Bonchev–Trinajstić information content (AvgIpc) is 2.20. The lowest BCUT2D eigenvalue weighted by Crippen LogP contribution is -2.31. The molecule has 0 aliphatic heterocycles. The van der Waals surface area contributed by atoms with Crippen molar-refractivity contribution in [1.82, 2.24) is 4.90 Å². The molecular weight excluding hydrogens is 206 g/mol. The molecule has 0 N–H and O–H groups in total. The molecule has 0 saturated carbocycles. The summed E-state index contributed by atoms with van der Waals surface area (Å²) in [5.41, 5.74) is 0. The summed E-state index contributed by atoms with van der Waals surface area (Å²) >= 11 is 0. The van der Waals surface area contributed by atoms with Gasteiger partial charge in [0.25, 0.3) is 6.43 Å². The number of hydrogen-bond donors (Lipinski definition) is 0. The van der Waals surface area contributed by atoms with Crippen LogP contribution in [0.25, 0.3) is 0 Å². The second-order valence-electron chi connectivity index (χ2n) is 2.78. The van der Waals surface area contributed by atoms with Crippen LogP contribution in [0, 0.1) is 11.3 Å². The van der Waals surface area contributed by atoms with E-state index < -0.39 is 13.0 Å². The highest BCUT2D eigenvalue weighted by molar-refractivity contribution is 5.76. The second-order valence-corrected chi connectivity index (χ2v) is 2.78. The molecule has 0 saturated heterocycles. The summed E-state index contributed by atoms with van der Waals surface area (Å²) < 4.78 is 27.8. The molecule has 0 bridgehead atoms. The van der Waals surface area contributed by atoms with E-state index in [9.17, 15) is 13.6 Å². The topological polar surface area (TPSA) is 53.3 Å². The van der Waals surface area contributed by atoms with Crippen molar-refractivity contribution in [1.29, 1.82) is 5.26 Å². The van der Waals surface area contributed by atoms with Gasteiger partial charge in [-0.05, 0) is 6.92 Å². The summed E-state index contributed by atoms with van der Waals surface area (Å²) in [6.45, 7) is 1.50. The number of ether oxygens (including phenoxy) is 1. The zero-order chi connectivity index (χ0) is 11.7. The lowest BCUT2D eigenvalue weighted by molar-refractivity contribution is -0.131. The molecular formula is C9H14F2N2O2. The zero-order valence-electron chi connectivity index (χ0n) is 8.58. The van der Waals surface area contributed by atoms with E-state index in [1.54, 1.807) is 6.92 Å². The molecule has 6 heteroatoms. The molecule has 0 unspecified atom stereocenters. The van der Waals surface area contributed by atoms with Crippen LogP contribution in [0.3, 0.4) is 0 Å². The van der Waals surface area contributed by atoms with Crippen molar-refractivity contribution in [3.63, 3.8) is 0 Å². The number of halogens is 2. The van der Waals surface area contributed by atoms with Gasteiger partial charge in [-0.2, -0.15) is 5.26 Å². The molecule has 0 aromatic rings. The maximum atomic E-state index is 11.6. The normalized spacial score (nSPS) is 10.1. The van der Waals surface area contributed by atoms with Gasteiger partial charge in [0.1, 0.15) is 13.2 Å². The van der Waals surface area contributed by atoms with Gasteiger partial charge in [0, 0.05) is 6.54 Å². The SMILES string of the molecule is CCN(CC#N)C(=O)CCOCC(F)F. The Morgan fingerprint density at radius 1 is 1.60 bits per heavy atom. The van der Waals surface area contributed by atoms with Gasteiger partial charge in [0.15, 0.2) is 0 Å². The largest absolute Gasteiger partial charge is 0.375 e. The Kier molecular flexibility index (Phi) is 7.46. The second kappa shape index (κ2) is 8.12. The number of amides is 1. The summed E-state index contributed by atoms with van der Waals surface area (Å²) in [4.78, 5) is 12.7. The van der Waals surface area contributed by atoms with Crippen LogP contribution in [0.4, 0.5) is 8.78 Å². The predicted octanol–water partition coefficient (Wildman–Crippen LogP) is 1.03. The molecule has 0 aliphatic carbocycles. The molecule has 0 aromatic carbocycles. The van der Waals surface area contributed by atoms with Crippen LogP contribution in [-0.2, 0) is 9.53 Å². The first kappa shape index (κ1) is 13.8. The van der Waals surface area contributed by atoms with E-state index in [0.29, 0.717) is 6.54 Å². The molecule has 0 aromatic heterocycles. The van der Waals surface area contributed by atoms with Gasteiger partial charge in [-0.25, -0.2) is 8.78 Å². The van der Waals surface area contributed by atoms with E-state index in [-0.39, 0.29) is 25.5 Å². The van der Waals surface area contributed by atoms with Crippen LogP contribution in [0.1, 0.15) is 13.3 Å². The number of carbonyl (C=O) groups is 1. The van der Waals surface area contributed by atoms with Crippen molar-refractivity contribution in [2.24, 2.45) is 0 Å². The molecule has 0 radical (unpaired) electrons. The van der Waals surface area contributed by atoms with Crippen LogP contribution in [0.15, 0.2) is 0 Å². The van der Waals surface area contributed by atoms with E-state index in [1.165, 1.54) is 4.90 Å². The lowest BCUT2D eigenvalue weighted by Gasteiger charge is -2.16. The Bertz CT molecular complexity index is 229. The van der Waals surface area contributed by atoms with Gasteiger partial charge >= 0.3 is 0 Å². The number of rotatable bonds is 7. The minimum absolute atomic E-state index is 0.0180. The number of carbonyl (C=O) groups excluding carboxylic acids is 1. The maximum Gasteiger partial charge on any atom is 0.261 e. The van der Waals surface area contributed by atoms with E-state index in [1.807, 2.05) is 6.07 Å². The Morgan fingerprint density at radius 2 is 2.27 bits per heavy atom. The number of hydrogen-bond acceptors (Lipinski definition) is 3. The summed E-state index contributed by atoms with van der Waals surface area (Å²) in [5.74, 6) is -0.256. The average molecular weight is 220 g/mol. The maximum absolute atomic E-state index is 11.6. The molecule has 0 fully saturated rings. The Balaban J connectivity index is 3.67. The van der Waals surface area contributed by atoms with Gasteiger partial charge in [-0.15, -0.1) is 0 Å². The fraction of sp³-hybridized carbons (Fsp3) is 0.778. The molecule has 86 valence electrons. The molecule has 0 aliphatic rings. The Morgan fingerprint density at radius 3 is 2.73 bits per heavy atom. The third-order valence-corrected chi connectivity index (χ3v) is 1.70. The Hall–Kier alpha value is -1.22. The van der Waals surface area contributed by atoms with Crippen molar-refractivity contribution >= 4 is 5.91 Å². The van der Waals surface area contributed by atoms with Crippen molar-refractivity contribution in [3.8, 4) is 6.07 Å². The predicted molar refractivity (Wildman–Crippen MR) is 49.3 cm³/mol. The van der Waals surface area contributed by atoms with E-state index >= 15 is 0 Å². The fourth-order valence-corrected chi connectivity index (χ4v) is 0.952. The van der Waals surface area contributed by atoms with Crippen molar-refractivity contribution in [2.45, 2.75) is 19.8 Å². The quantitative estimate of drug-likeness (QED) is 0.475. The summed E-state index contributed by atoms with van der Waals surface area (Å²) in [6, 6.07) is 1.85. The van der Waals surface area contributed by atoms with Crippen molar-refractivity contribution in [3.05, 3.63) is 0 Å². The van der Waals surface area contributed by atoms with E-state index in [4.69, 9.17) is 5.26 Å². The van der Waals surface area contributed by atoms with Crippen LogP contribution in [-0.4, -0.2) is 43.5 Å². The molecule has 0 rings (SSSR count). The molecule has 4 nitrogen and oxygen atoms in total. The van der Waals surface area contributed by atoms with Crippen molar-refractivity contribution in [2.75, 3.05) is 26.3 Å².